The average Bonchev–Trinajstić information content (AvgIpc) is 3.31. The molecule has 128 valence electrons. The quantitative estimate of drug-likeness (QED) is 0.844. The van der Waals surface area contributed by atoms with Crippen LogP contribution in [0, 0.1) is 12.8 Å². The van der Waals surface area contributed by atoms with Gasteiger partial charge in [-0.15, -0.1) is 0 Å². The molecule has 1 unspecified atom stereocenters. The van der Waals surface area contributed by atoms with E-state index in [0.29, 0.717) is 18.0 Å². The summed E-state index contributed by atoms with van der Waals surface area (Å²) < 4.78 is 1.71. The van der Waals surface area contributed by atoms with Gasteiger partial charge in [-0.25, -0.2) is 4.98 Å². The third kappa shape index (κ3) is 3.25. The van der Waals surface area contributed by atoms with Crippen LogP contribution in [0.1, 0.15) is 53.8 Å². The van der Waals surface area contributed by atoms with Crippen molar-refractivity contribution in [3.8, 4) is 0 Å². The van der Waals surface area contributed by atoms with Gasteiger partial charge >= 0.3 is 5.97 Å². The number of nitrogens with one attached hydrogen (secondary N) is 1. The number of carbonyl (C=O) groups is 2. The number of hydrogen-bond donors (Lipinski definition) is 2. The Hall–Kier alpha value is -2.44. The zero-order valence-electron chi connectivity index (χ0n) is 14.2. The summed E-state index contributed by atoms with van der Waals surface area (Å²) in [5, 5.41) is 16.8. The lowest BCUT2D eigenvalue weighted by molar-refractivity contribution is -0.137. The van der Waals surface area contributed by atoms with Gasteiger partial charge in [-0.05, 0) is 31.7 Å². The van der Waals surface area contributed by atoms with Gasteiger partial charge in [0, 0.05) is 31.6 Å². The third-order valence-electron chi connectivity index (χ3n) is 4.36. The number of aromatic nitrogens is 3. The van der Waals surface area contributed by atoms with Crippen LogP contribution in [0.2, 0.25) is 0 Å². The summed E-state index contributed by atoms with van der Waals surface area (Å²) in [6, 6.07) is 1.87. The van der Waals surface area contributed by atoms with E-state index in [1.807, 2.05) is 27.0 Å². The Labute approximate surface area is 140 Å². The summed E-state index contributed by atoms with van der Waals surface area (Å²) in [4.78, 5) is 28.1. The molecule has 1 fully saturated rings. The van der Waals surface area contributed by atoms with E-state index in [4.69, 9.17) is 5.11 Å². The second kappa shape index (κ2) is 6.22. The zero-order valence-corrected chi connectivity index (χ0v) is 14.2. The summed E-state index contributed by atoms with van der Waals surface area (Å²) >= 11 is 0. The molecular weight excluding hydrogens is 308 g/mol. The minimum Gasteiger partial charge on any atom is -0.481 e. The molecule has 0 spiro atoms. The lowest BCUT2D eigenvalue weighted by atomic mass is 10.1. The first-order chi connectivity index (χ1) is 11.4. The van der Waals surface area contributed by atoms with Crippen LogP contribution in [-0.4, -0.2) is 38.3 Å². The van der Waals surface area contributed by atoms with Gasteiger partial charge in [0.25, 0.3) is 5.91 Å². The first-order valence-corrected chi connectivity index (χ1v) is 8.21. The van der Waals surface area contributed by atoms with Crippen molar-refractivity contribution in [2.75, 3.05) is 6.54 Å². The van der Waals surface area contributed by atoms with Crippen molar-refractivity contribution in [1.29, 1.82) is 0 Å². The Balaban J connectivity index is 1.89. The van der Waals surface area contributed by atoms with Crippen molar-refractivity contribution in [2.24, 2.45) is 13.0 Å². The fourth-order valence-corrected chi connectivity index (χ4v) is 2.96. The van der Waals surface area contributed by atoms with Crippen LogP contribution in [-0.2, 0) is 11.8 Å². The number of pyridine rings is 1. The first kappa shape index (κ1) is 16.4. The lowest BCUT2D eigenvalue weighted by Gasteiger charge is -2.12. The normalized spacial score (nSPS) is 15.5. The van der Waals surface area contributed by atoms with Crippen LogP contribution in [0.4, 0.5) is 0 Å². The first-order valence-electron chi connectivity index (χ1n) is 8.21. The van der Waals surface area contributed by atoms with Crippen LogP contribution in [0.25, 0.3) is 11.0 Å². The van der Waals surface area contributed by atoms with E-state index in [9.17, 15) is 9.59 Å². The molecule has 7 nitrogen and oxygen atoms in total. The molecule has 1 atom stereocenters. The van der Waals surface area contributed by atoms with Crippen LogP contribution in [0.15, 0.2) is 6.07 Å². The molecule has 0 aromatic carbocycles. The third-order valence-corrected chi connectivity index (χ3v) is 4.36. The van der Waals surface area contributed by atoms with Gasteiger partial charge in [0.1, 0.15) is 0 Å². The maximum Gasteiger partial charge on any atom is 0.303 e. The number of nitrogens with zero attached hydrogens (tertiary/aromatic N) is 3. The van der Waals surface area contributed by atoms with E-state index in [0.717, 1.165) is 35.3 Å². The Kier molecular flexibility index (Phi) is 4.26. The highest BCUT2D eigenvalue weighted by atomic mass is 16.4. The molecule has 7 heteroatoms. The van der Waals surface area contributed by atoms with Gasteiger partial charge in [-0.2, -0.15) is 5.10 Å². The topological polar surface area (TPSA) is 97.1 Å². The molecule has 3 rings (SSSR count). The predicted octanol–water partition coefficient (Wildman–Crippen LogP) is 1.99. The van der Waals surface area contributed by atoms with Crippen LogP contribution < -0.4 is 5.32 Å². The van der Waals surface area contributed by atoms with Gasteiger partial charge in [0.15, 0.2) is 5.65 Å². The average molecular weight is 330 g/mol. The van der Waals surface area contributed by atoms with Gasteiger partial charge in [-0.1, -0.05) is 6.92 Å². The van der Waals surface area contributed by atoms with Crippen LogP contribution in [0.3, 0.4) is 0 Å². The standard InChI is InChI=1S/C17H22N4O3/c1-9(6-14(22)23)8-18-17(24)12-7-13(11-4-5-11)19-16-15(12)10(2)20-21(16)3/h7,9,11H,4-6,8H2,1-3H3,(H,18,24)(H,22,23). The summed E-state index contributed by atoms with van der Waals surface area (Å²) in [6.45, 7) is 4.00. The van der Waals surface area contributed by atoms with E-state index in [-0.39, 0.29) is 18.2 Å². The molecule has 2 aromatic rings. The maximum atomic E-state index is 12.7. The molecule has 2 heterocycles. The van der Waals surface area contributed by atoms with Gasteiger partial charge in [-0.3, -0.25) is 14.3 Å². The highest BCUT2D eigenvalue weighted by Crippen LogP contribution is 2.40. The molecule has 24 heavy (non-hydrogen) atoms. The highest BCUT2D eigenvalue weighted by molar-refractivity contribution is 6.06. The smallest absolute Gasteiger partial charge is 0.303 e. The monoisotopic (exact) mass is 330 g/mol. The van der Waals surface area contributed by atoms with Crippen LogP contribution >= 0.6 is 0 Å². The molecule has 1 saturated carbocycles. The molecular formula is C17H22N4O3. The van der Waals surface area contributed by atoms with Crippen LogP contribution in [0.5, 0.6) is 0 Å². The Bertz CT molecular complexity index is 808. The molecule has 2 N–H and O–H groups in total. The molecule has 1 aliphatic carbocycles. The number of aryl methyl sites for hydroxylation is 2. The van der Waals surface area contributed by atoms with E-state index >= 15 is 0 Å². The molecule has 1 amide bonds. The van der Waals surface area contributed by atoms with Crippen molar-refractivity contribution >= 4 is 22.9 Å². The van der Waals surface area contributed by atoms with Crippen molar-refractivity contribution in [1.82, 2.24) is 20.1 Å². The summed E-state index contributed by atoms with van der Waals surface area (Å²) in [5.41, 5.74) is 3.01. The SMILES string of the molecule is Cc1nn(C)c2nc(C3CC3)cc(C(=O)NCC(C)CC(=O)O)c12. The number of fused-ring (bicyclic) bond motifs is 1. The van der Waals surface area contributed by atoms with Crippen molar-refractivity contribution in [2.45, 2.75) is 39.0 Å². The molecule has 0 saturated heterocycles. The number of carbonyl (C=O) groups excluding carboxylic acids is 1. The minimum absolute atomic E-state index is 0.0330. The molecule has 0 radical (unpaired) electrons. The number of amides is 1. The Morgan fingerprint density at radius 1 is 1.46 bits per heavy atom. The largest absolute Gasteiger partial charge is 0.481 e. The molecule has 1 aliphatic rings. The zero-order chi connectivity index (χ0) is 17.4. The summed E-state index contributed by atoms with van der Waals surface area (Å²) in [7, 11) is 1.83. The van der Waals surface area contributed by atoms with E-state index in [1.54, 1.807) is 4.68 Å². The second-order valence-electron chi connectivity index (χ2n) is 6.69. The fourth-order valence-electron chi connectivity index (χ4n) is 2.96. The molecule has 2 aromatic heterocycles. The summed E-state index contributed by atoms with van der Waals surface area (Å²) in [5.74, 6) is -0.747. The van der Waals surface area contributed by atoms with Gasteiger partial charge < -0.3 is 10.4 Å². The number of hydrogen-bond acceptors (Lipinski definition) is 4. The Morgan fingerprint density at radius 2 is 2.17 bits per heavy atom. The number of carboxylic acid groups (broad SMARTS) is 1. The number of rotatable bonds is 6. The fraction of sp³-hybridized carbons (Fsp3) is 0.529. The Morgan fingerprint density at radius 3 is 2.79 bits per heavy atom. The molecule has 0 bridgehead atoms. The van der Waals surface area contributed by atoms with Gasteiger partial charge in [0.2, 0.25) is 0 Å². The highest BCUT2D eigenvalue weighted by Gasteiger charge is 2.28. The van der Waals surface area contributed by atoms with E-state index < -0.39 is 5.97 Å². The van der Waals surface area contributed by atoms with Crippen molar-refractivity contribution < 1.29 is 14.7 Å². The maximum absolute atomic E-state index is 12.7. The number of carboxylic acids is 1. The second-order valence-corrected chi connectivity index (χ2v) is 6.69. The van der Waals surface area contributed by atoms with Crippen molar-refractivity contribution in [3.63, 3.8) is 0 Å². The van der Waals surface area contributed by atoms with E-state index in [1.165, 1.54) is 0 Å². The van der Waals surface area contributed by atoms with Crippen molar-refractivity contribution in [3.05, 3.63) is 23.0 Å². The van der Waals surface area contributed by atoms with Gasteiger partial charge in [0.05, 0.1) is 16.6 Å². The summed E-state index contributed by atoms with van der Waals surface area (Å²) in [6.07, 6.45) is 2.24. The number of aliphatic carboxylic acids is 1. The predicted molar refractivity (Wildman–Crippen MR) is 89.0 cm³/mol. The molecule has 0 aliphatic heterocycles. The van der Waals surface area contributed by atoms with E-state index in [2.05, 4.69) is 15.4 Å². The lowest BCUT2D eigenvalue weighted by Crippen LogP contribution is -2.29. The minimum atomic E-state index is -0.859.